The Kier molecular flexibility index (Phi) is 6.32. The van der Waals surface area contributed by atoms with Crippen molar-refractivity contribution in [3.05, 3.63) is 71.8 Å². The van der Waals surface area contributed by atoms with Gasteiger partial charge in [-0.15, -0.1) is 0 Å². The molecule has 0 aliphatic heterocycles. The van der Waals surface area contributed by atoms with Crippen LogP contribution >= 0.6 is 11.6 Å². The predicted molar refractivity (Wildman–Crippen MR) is 121 cm³/mol. The van der Waals surface area contributed by atoms with Crippen LogP contribution in [0.2, 0.25) is 5.02 Å². The molecule has 4 rings (SSSR count). The van der Waals surface area contributed by atoms with Crippen LogP contribution in [-0.2, 0) is 11.4 Å². The highest BCUT2D eigenvalue weighted by atomic mass is 35.5. The summed E-state index contributed by atoms with van der Waals surface area (Å²) in [6, 6.07) is 14.3. The Morgan fingerprint density at radius 3 is 2.62 bits per heavy atom. The monoisotopic (exact) mass is 450 g/mol. The van der Waals surface area contributed by atoms with Crippen LogP contribution in [0.5, 0.6) is 17.2 Å². The lowest BCUT2D eigenvalue weighted by atomic mass is 10.2. The number of fused-ring (bicyclic) bond motifs is 1. The van der Waals surface area contributed by atoms with Crippen LogP contribution in [0.1, 0.15) is 12.6 Å². The molecule has 0 saturated heterocycles. The van der Waals surface area contributed by atoms with Crippen LogP contribution in [0, 0.1) is 0 Å². The highest BCUT2D eigenvalue weighted by Crippen LogP contribution is 2.36. The molecule has 2 aromatic heterocycles. The smallest absolute Gasteiger partial charge is 0.308 e. The molecule has 0 aliphatic rings. The van der Waals surface area contributed by atoms with Gasteiger partial charge < -0.3 is 19.5 Å². The van der Waals surface area contributed by atoms with Crippen molar-refractivity contribution in [2.75, 3.05) is 12.4 Å². The molecule has 0 atom stereocenters. The van der Waals surface area contributed by atoms with Crippen LogP contribution in [0.3, 0.4) is 0 Å². The molecule has 162 valence electrons. The topological polar surface area (TPSA) is 95.5 Å². The van der Waals surface area contributed by atoms with Gasteiger partial charge >= 0.3 is 5.97 Å². The molecule has 0 bridgehead atoms. The number of nitrogens with zero attached hydrogens (tertiary/aromatic N) is 3. The van der Waals surface area contributed by atoms with Gasteiger partial charge in [0.1, 0.15) is 24.5 Å². The third-order valence-electron chi connectivity index (χ3n) is 4.47. The molecule has 0 radical (unpaired) electrons. The van der Waals surface area contributed by atoms with E-state index >= 15 is 0 Å². The van der Waals surface area contributed by atoms with Crippen LogP contribution in [0.25, 0.3) is 10.9 Å². The average molecular weight is 451 g/mol. The van der Waals surface area contributed by atoms with Crippen molar-refractivity contribution in [1.29, 1.82) is 0 Å². The molecule has 0 unspecified atom stereocenters. The van der Waals surface area contributed by atoms with E-state index in [9.17, 15) is 4.79 Å². The molecule has 2 heterocycles. The Morgan fingerprint density at radius 1 is 1.03 bits per heavy atom. The summed E-state index contributed by atoms with van der Waals surface area (Å²) < 4.78 is 16.3. The lowest BCUT2D eigenvalue weighted by Gasteiger charge is -2.13. The summed E-state index contributed by atoms with van der Waals surface area (Å²) in [6.45, 7) is 1.63. The second-order valence-electron chi connectivity index (χ2n) is 6.72. The van der Waals surface area contributed by atoms with Crippen LogP contribution < -0.4 is 19.5 Å². The number of nitrogens with one attached hydrogen (secondary N) is 1. The first-order chi connectivity index (χ1) is 15.5. The van der Waals surface area contributed by atoms with Gasteiger partial charge in [-0.3, -0.25) is 9.78 Å². The van der Waals surface area contributed by atoms with Gasteiger partial charge in [0.2, 0.25) is 0 Å². The molecule has 1 N–H and O–H groups in total. The summed E-state index contributed by atoms with van der Waals surface area (Å²) in [5.74, 6) is 1.28. The normalized spacial score (nSPS) is 10.6. The fourth-order valence-electron chi connectivity index (χ4n) is 3.03. The minimum absolute atomic E-state index is 0.279. The number of hydrogen-bond acceptors (Lipinski definition) is 8. The molecule has 2 aromatic carbocycles. The van der Waals surface area contributed by atoms with Gasteiger partial charge in [0.05, 0.1) is 23.3 Å². The molecular formula is C23H19ClN4O4. The first kappa shape index (κ1) is 21.3. The quantitative estimate of drug-likeness (QED) is 0.312. The minimum atomic E-state index is -0.456. The second kappa shape index (κ2) is 9.49. The van der Waals surface area contributed by atoms with Gasteiger partial charge in [-0.2, -0.15) is 0 Å². The third-order valence-corrected chi connectivity index (χ3v) is 4.77. The number of hydrogen-bond donors (Lipinski definition) is 1. The maximum atomic E-state index is 11.5. The average Bonchev–Trinajstić information content (AvgIpc) is 2.79. The molecule has 0 aliphatic carbocycles. The highest BCUT2D eigenvalue weighted by molar-refractivity contribution is 6.32. The maximum Gasteiger partial charge on any atom is 0.308 e. The van der Waals surface area contributed by atoms with Crippen molar-refractivity contribution in [1.82, 2.24) is 15.0 Å². The van der Waals surface area contributed by atoms with E-state index in [1.54, 1.807) is 30.5 Å². The zero-order valence-corrected chi connectivity index (χ0v) is 18.1. The summed E-state index contributed by atoms with van der Waals surface area (Å²) in [7, 11) is 1.49. The van der Waals surface area contributed by atoms with E-state index in [-0.39, 0.29) is 5.75 Å². The maximum absolute atomic E-state index is 11.5. The van der Waals surface area contributed by atoms with Crippen LogP contribution in [0.15, 0.2) is 61.1 Å². The van der Waals surface area contributed by atoms with Crippen LogP contribution in [-0.4, -0.2) is 28.0 Å². The van der Waals surface area contributed by atoms with Gasteiger partial charge in [-0.05, 0) is 36.4 Å². The predicted octanol–water partition coefficient (Wildman–Crippen LogP) is 4.93. The number of carbonyl (C=O) groups is 1. The Labute approximate surface area is 189 Å². The number of halogens is 1. The Bertz CT molecular complexity index is 1270. The second-order valence-corrected chi connectivity index (χ2v) is 7.12. The van der Waals surface area contributed by atoms with Gasteiger partial charge in [0.25, 0.3) is 0 Å². The van der Waals surface area contributed by atoms with E-state index in [1.807, 2.05) is 24.3 Å². The minimum Gasteiger partial charge on any atom is -0.493 e. The van der Waals surface area contributed by atoms with Crippen molar-refractivity contribution in [2.45, 2.75) is 13.5 Å². The molecule has 4 aromatic rings. The van der Waals surface area contributed by atoms with E-state index in [1.165, 1.54) is 20.4 Å². The molecule has 9 heteroatoms. The van der Waals surface area contributed by atoms with E-state index in [2.05, 4.69) is 20.3 Å². The lowest BCUT2D eigenvalue weighted by Crippen LogP contribution is -2.04. The summed E-state index contributed by atoms with van der Waals surface area (Å²) >= 11 is 6.41. The molecule has 8 nitrogen and oxygen atoms in total. The first-order valence-corrected chi connectivity index (χ1v) is 10.0. The van der Waals surface area contributed by atoms with Crippen molar-refractivity contribution in [2.24, 2.45) is 0 Å². The molecule has 32 heavy (non-hydrogen) atoms. The largest absolute Gasteiger partial charge is 0.493 e. The van der Waals surface area contributed by atoms with E-state index in [0.29, 0.717) is 45.5 Å². The fourth-order valence-corrected chi connectivity index (χ4v) is 3.26. The first-order valence-electron chi connectivity index (χ1n) is 9.64. The lowest BCUT2D eigenvalue weighted by molar-refractivity contribution is -0.132. The summed E-state index contributed by atoms with van der Waals surface area (Å²) in [5.41, 5.74) is 2.12. The van der Waals surface area contributed by atoms with Gasteiger partial charge in [0.15, 0.2) is 11.5 Å². The Morgan fingerprint density at radius 2 is 1.91 bits per heavy atom. The molecule has 0 fully saturated rings. The zero-order chi connectivity index (χ0) is 22.5. The number of aromatic nitrogens is 3. The third kappa shape index (κ3) is 4.87. The highest BCUT2D eigenvalue weighted by Gasteiger charge is 2.14. The number of carbonyl (C=O) groups excluding carboxylic acids is 1. The van der Waals surface area contributed by atoms with Crippen molar-refractivity contribution >= 4 is 40.0 Å². The SMILES string of the molecule is COc1cc2ncnc(Nc3ccc(OCc4ccccn4)c(Cl)c3)c2cc1OC(C)=O. The summed E-state index contributed by atoms with van der Waals surface area (Å²) in [4.78, 5) is 24.3. The van der Waals surface area contributed by atoms with Crippen molar-refractivity contribution in [3.63, 3.8) is 0 Å². The molecule has 0 amide bonds. The number of pyridine rings is 1. The number of benzene rings is 2. The zero-order valence-electron chi connectivity index (χ0n) is 17.3. The summed E-state index contributed by atoms with van der Waals surface area (Å²) in [5, 5.41) is 4.31. The fraction of sp³-hybridized carbons (Fsp3) is 0.130. The van der Waals surface area contributed by atoms with E-state index in [0.717, 1.165) is 5.69 Å². The Hall–Kier alpha value is -3.91. The molecule has 0 spiro atoms. The number of anilines is 2. The van der Waals surface area contributed by atoms with E-state index < -0.39 is 5.97 Å². The summed E-state index contributed by atoms with van der Waals surface area (Å²) in [6.07, 6.45) is 3.14. The number of methoxy groups -OCH3 is 1. The standard InChI is InChI=1S/C23H19ClN4O4/c1-14(29)32-22-10-17-19(11-21(22)30-2)26-13-27-23(17)28-15-6-7-20(18(24)9-15)31-12-16-5-3-4-8-25-16/h3-11,13H,12H2,1-2H3,(H,26,27,28). The number of ether oxygens (including phenoxy) is 3. The Balaban J connectivity index is 1.58. The number of rotatable bonds is 7. The van der Waals surface area contributed by atoms with E-state index in [4.69, 9.17) is 25.8 Å². The molecule has 0 saturated carbocycles. The van der Waals surface area contributed by atoms with Gasteiger partial charge in [0, 0.05) is 30.3 Å². The van der Waals surface area contributed by atoms with Gasteiger partial charge in [-0.25, -0.2) is 9.97 Å². The van der Waals surface area contributed by atoms with Gasteiger partial charge in [-0.1, -0.05) is 17.7 Å². The van der Waals surface area contributed by atoms with Crippen LogP contribution in [0.4, 0.5) is 11.5 Å². The molecular weight excluding hydrogens is 432 g/mol. The number of esters is 1. The van der Waals surface area contributed by atoms with Crippen molar-refractivity contribution < 1.29 is 19.0 Å². The van der Waals surface area contributed by atoms with Crippen molar-refractivity contribution in [3.8, 4) is 17.2 Å².